The number of ether oxygens (including phenoxy) is 1. The summed E-state index contributed by atoms with van der Waals surface area (Å²) in [5.41, 5.74) is 1.34. The third kappa shape index (κ3) is 4.03. The Bertz CT molecular complexity index is 894. The van der Waals surface area contributed by atoms with Crippen molar-refractivity contribution in [3.05, 3.63) is 65.7 Å². The van der Waals surface area contributed by atoms with Crippen LogP contribution < -0.4 is 4.74 Å². The first-order valence-electron chi connectivity index (χ1n) is 8.47. The molecule has 1 saturated heterocycles. The molecule has 0 amide bonds. The number of methoxy groups -OCH3 is 1. The van der Waals surface area contributed by atoms with Crippen LogP contribution in [-0.2, 0) is 10.0 Å². The lowest BCUT2D eigenvalue weighted by atomic mass is 10.1. The van der Waals surface area contributed by atoms with E-state index in [-0.39, 0.29) is 10.7 Å². The number of benzene rings is 2. The van der Waals surface area contributed by atoms with E-state index < -0.39 is 10.0 Å². The normalized spacial score (nSPS) is 15.4. The lowest BCUT2D eigenvalue weighted by Gasteiger charge is -2.15. The number of sulfonamides is 1. The van der Waals surface area contributed by atoms with Crippen LogP contribution in [0.2, 0.25) is 0 Å². The molecule has 0 atom stereocenters. The van der Waals surface area contributed by atoms with Gasteiger partial charge in [0, 0.05) is 18.7 Å². The number of carbonyl (C=O) groups is 1. The van der Waals surface area contributed by atoms with Crippen molar-refractivity contribution in [1.82, 2.24) is 4.31 Å². The van der Waals surface area contributed by atoms with E-state index in [2.05, 4.69) is 0 Å². The van der Waals surface area contributed by atoms with E-state index in [0.717, 1.165) is 24.2 Å². The van der Waals surface area contributed by atoms with Gasteiger partial charge in [0.2, 0.25) is 10.0 Å². The first-order valence-corrected chi connectivity index (χ1v) is 9.91. The molecule has 1 heterocycles. The van der Waals surface area contributed by atoms with E-state index in [4.69, 9.17) is 4.74 Å². The average Bonchev–Trinajstić information content (AvgIpc) is 3.22. The van der Waals surface area contributed by atoms with Gasteiger partial charge in [0.05, 0.1) is 12.0 Å². The topological polar surface area (TPSA) is 63.7 Å². The van der Waals surface area contributed by atoms with Gasteiger partial charge in [-0.2, -0.15) is 4.31 Å². The Morgan fingerprint density at radius 2 is 1.62 bits per heavy atom. The van der Waals surface area contributed by atoms with E-state index in [0.29, 0.717) is 18.7 Å². The summed E-state index contributed by atoms with van der Waals surface area (Å²) in [5.74, 6) is 0.578. The Morgan fingerprint density at radius 3 is 2.19 bits per heavy atom. The molecule has 0 unspecified atom stereocenters. The summed E-state index contributed by atoms with van der Waals surface area (Å²) in [7, 11) is -1.85. The molecule has 2 aromatic carbocycles. The third-order valence-corrected chi connectivity index (χ3v) is 6.30. The third-order valence-electron chi connectivity index (χ3n) is 4.38. The van der Waals surface area contributed by atoms with E-state index in [1.807, 2.05) is 24.3 Å². The molecule has 1 fully saturated rings. The second-order valence-corrected chi connectivity index (χ2v) is 8.04. The van der Waals surface area contributed by atoms with Crippen LogP contribution in [0.3, 0.4) is 0 Å². The van der Waals surface area contributed by atoms with Gasteiger partial charge in [-0.05, 0) is 60.9 Å². The van der Waals surface area contributed by atoms with Crippen molar-refractivity contribution in [2.75, 3.05) is 20.2 Å². The second kappa shape index (κ2) is 7.85. The summed E-state index contributed by atoms with van der Waals surface area (Å²) in [6, 6.07) is 13.5. The van der Waals surface area contributed by atoms with Crippen molar-refractivity contribution in [2.45, 2.75) is 17.7 Å². The van der Waals surface area contributed by atoms with E-state index in [1.165, 1.54) is 22.5 Å². The molecule has 5 nitrogen and oxygen atoms in total. The second-order valence-electron chi connectivity index (χ2n) is 6.11. The van der Waals surface area contributed by atoms with Crippen LogP contribution in [0.25, 0.3) is 6.08 Å². The predicted molar refractivity (Wildman–Crippen MR) is 101 cm³/mol. The van der Waals surface area contributed by atoms with Crippen LogP contribution in [0, 0.1) is 0 Å². The average molecular weight is 371 g/mol. The number of rotatable bonds is 6. The van der Waals surface area contributed by atoms with Crippen molar-refractivity contribution in [1.29, 1.82) is 0 Å². The van der Waals surface area contributed by atoms with Gasteiger partial charge in [-0.15, -0.1) is 0 Å². The standard InChI is InChI=1S/C20H21NO4S/c1-25-18-9-4-16(5-10-18)6-13-20(22)17-7-11-19(12-8-17)26(23,24)21-14-2-3-15-21/h4-13H,2-3,14-15H2,1H3. The fourth-order valence-electron chi connectivity index (χ4n) is 2.85. The molecular formula is C20H21NO4S. The van der Waals surface area contributed by atoms with Crippen molar-refractivity contribution in [2.24, 2.45) is 0 Å². The lowest BCUT2D eigenvalue weighted by Crippen LogP contribution is -2.27. The molecule has 136 valence electrons. The van der Waals surface area contributed by atoms with Crippen molar-refractivity contribution in [3.63, 3.8) is 0 Å². The minimum absolute atomic E-state index is 0.175. The zero-order chi connectivity index (χ0) is 18.6. The Kier molecular flexibility index (Phi) is 5.54. The minimum Gasteiger partial charge on any atom is -0.497 e. The van der Waals surface area contributed by atoms with Gasteiger partial charge >= 0.3 is 0 Å². The monoisotopic (exact) mass is 371 g/mol. The van der Waals surface area contributed by atoms with Gasteiger partial charge in [0.15, 0.2) is 5.78 Å². The van der Waals surface area contributed by atoms with Crippen LogP contribution >= 0.6 is 0 Å². The van der Waals surface area contributed by atoms with Crippen LogP contribution in [0.5, 0.6) is 5.75 Å². The number of nitrogens with zero attached hydrogens (tertiary/aromatic N) is 1. The number of carbonyl (C=O) groups excluding carboxylic acids is 1. The molecule has 3 rings (SSSR count). The molecule has 0 N–H and O–H groups in total. The highest BCUT2D eigenvalue weighted by Gasteiger charge is 2.26. The minimum atomic E-state index is -3.45. The van der Waals surface area contributed by atoms with Gasteiger partial charge in [-0.3, -0.25) is 4.79 Å². The molecule has 0 bridgehead atoms. The summed E-state index contributed by atoms with van der Waals surface area (Å²) in [5, 5.41) is 0. The van der Waals surface area contributed by atoms with E-state index in [1.54, 1.807) is 25.3 Å². The molecule has 0 aliphatic carbocycles. The Hall–Kier alpha value is -2.44. The highest BCUT2D eigenvalue weighted by molar-refractivity contribution is 7.89. The number of hydrogen-bond acceptors (Lipinski definition) is 4. The van der Waals surface area contributed by atoms with Crippen LogP contribution in [0.1, 0.15) is 28.8 Å². The fraction of sp³-hybridized carbons (Fsp3) is 0.250. The van der Waals surface area contributed by atoms with Gasteiger partial charge in [-0.1, -0.05) is 18.2 Å². The number of ketones is 1. The summed E-state index contributed by atoms with van der Waals surface area (Å²) in [4.78, 5) is 12.5. The first kappa shape index (κ1) is 18.4. The fourth-order valence-corrected chi connectivity index (χ4v) is 4.37. The lowest BCUT2D eigenvalue weighted by molar-refractivity contribution is 0.104. The maximum Gasteiger partial charge on any atom is 0.243 e. The summed E-state index contributed by atoms with van der Waals surface area (Å²) in [6.07, 6.45) is 4.99. The highest BCUT2D eigenvalue weighted by Crippen LogP contribution is 2.21. The van der Waals surface area contributed by atoms with Crippen molar-refractivity contribution >= 4 is 21.9 Å². The summed E-state index contributed by atoms with van der Waals surface area (Å²) >= 11 is 0. The Labute approximate surface area is 154 Å². The van der Waals surface area contributed by atoms with E-state index >= 15 is 0 Å². The van der Waals surface area contributed by atoms with Crippen LogP contribution in [-0.4, -0.2) is 38.7 Å². The SMILES string of the molecule is COc1ccc(C=CC(=O)c2ccc(S(=O)(=O)N3CCCC3)cc2)cc1. The summed E-state index contributed by atoms with van der Waals surface area (Å²) in [6.45, 7) is 1.13. The maximum absolute atomic E-state index is 12.5. The molecule has 0 saturated carbocycles. The van der Waals surface area contributed by atoms with Gasteiger partial charge in [-0.25, -0.2) is 8.42 Å². The zero-order valence-corrected chi connectivity index (χ0v) is 15.4. The number of hydrogen-bond donors (Lipinski definition) is 0. The predicted octanol–water partition coefficient (Wildman–Crippen LogP) is 3.38. The van der Waals surface area contributed by atoms with Gasteiger partial charge in [0.1, 0.15) is 5.75 Å². The molecule has 0 spiro atoms. The maximum atomic E-state index is 12.5. The first-order chi connectivity index (χ1) is 12.5. The molecule has 1 aliphatic rings. The quantitative estimate of drug-likeness (QED) is 0.577. The van der Waals surface area contributed by atoms with Crippen molar-refractivity contribution < 1.29 is 17.9 Å². The number of allylic oxidation sites excluding steroid dienone is 1. The Balaban J connectivity index is 1.71. The highest BCUT2D eigenvalue weighted by atomic mass is 32.2. The van der Waals surface area contributed by atoms with Gasteiger partial charge < -0.3 is 4.74 Å². The molecule has 6 heteroatoms. The largest absolute Gasteiger partial charge is 0.497 e. The van der Waals surface area contributed by atoms with Gasteiger partial charge in [0.25, 0.3) is 0 Å². The molecule has 0 aromatic heterocycles. The molecule has 2 aromatic rings. The smallest absolute Gasteiger partial charge is 0.243 e. The summed E-state index contributed by atoms with van der Waals surface area (Å²) < 4.78 is 31.6. The zero-order valence-electron chi connectivity index (χ0n) is 14.6. The molecule has 26 heavy (non-hydrogen) atoms. The van der Waals surface area contributed by atoms with Crippen LogP contribution in [0.15, 0.2) is 59.5 Å². The van der Waals surface area contributed by atoms with E-state index in [9.17, 15) is 13.2 Å². The van der Waals surface area contributed by atoms with Crippen molar-refractivity contribution in [3.8, 4) is 5.75 Å². The molecular weight excluding hydrogens is 350 g/mol. The van der Waals surface area contributed by atoms with Crippen LogP contribution in [0.4, 0.5) is 0 Å². The molecule has 0 radical (unpaired) electrons. The molecule has 1 aliphatic heterocycles. The Morgan fingerprint density at radius 1 is 1.00 bits per heavy atom.